The summed E-state index contributed by atoms with van der Waals surface area (Å²) >= 11 is 0. The standard InChI is InChI=1S/C14H15NO2/c1-11-8-9-15(14(16)10-11)17-12(2)13-6-4-3-5-7-13/h3-10,12H,1-2H3. The van der Waals surface area contributed by atoms with Gasteiger partial charge in [-0.1, -0.05) is 30.3 Å². The molecule has 2 aromatic rings. The van der Waals surface area contributed by atoms with E-state index in [1.54, 1.807) is 12.3 Å². The summed E-state index contributed by atoms with van der Waals surface area (Å²) in [5.74, 6) is 0. The van der Waals surface area contributed by atoms with Gasteiger partial charge in [0.05, 0.1) is 0 Å². The number of benzene rings is 1. The third-order valence-corrected chi connectivity index (χ3v) is 2.58. The van der Waals surface area contributed by atoms with Crippen LogP contribution >= 0.6 is 0 Å². The Bertz CT molecular complexity index is 546. The van der Waals surface area contributed by atoms with Crippen LogP contribution in [0.2, 0.25) is 0 Å². The fourth-order valence-electron chi connectivity index (χ4n) is 1.61. The van der Waals surface area contributed by atoms with Crippen LogP contribution in [0.3, 0.4) is 0 Å². The first-order chi connectivity index (χ1) is 8.16. The number of rotatable bonds is 3. The van der Waals surface area contributed by atoms with Gasteiger partial charge in [0.25, 0.3) is 5.56 Å². The lowest BCUT2D eigenvalue weighted by atomic mass is 10.1. The minimum absolute atomic E-state index is 0.146. The van der Waals surface area contributed by atoms with Crippen LogP contribution in [0.5, 0.6) is 0 Å². The van der Waals surface area contributed by atoms with Crippen molar-refractivity contribution in [1.82, 2.24) is 4.73 Å². The van der Waals surface area contributed by atoms with Gasteiger partial charge in [-0.2, -0.15) is 4.73 Å². The molecule has 0 aliphatic rings. The second-order valence-corrected chi connectivity index (χ2v) is 4.03. The zero-order chi connectivity index (χ0) is 12.3. The van der Waals surface area contributed by atoms with E-state index in [0.717, 1.165) is 11.1 Å². The summed E-state index contributed by atoms with van der Waals surface area (Å²) in [6, 6.07) is 13.2. The van der Waals surface area contributed by atoms with Gasteiger partial charge in [-0.3, -0.25) is 4.79 Å². The first kappa shape index (κ1) is 11.5. The van der Waals surface area contributed by atoms with Gasteiger partial charge in [-0.05, 0) is 31.0 Å². The van der Waals surface area contributed by atoms with E-state index >= 15 is 0 Å². The summed E-state index contributed by atoms with van der Waals surface area (Å²) in [4.78, 5) is 17.2. The summed E-state index contributed by atoms with van der Waals surface area (Å²) in [6.45, 7) is 3.80. The Morgan fingerprint density at radius 2 is 1.88 bits per heavy atom. The molecule has 88 valence electrons. The lowest BCUT2D eigenvalue weighted by Gasteiger charge is -2.15. The van der Waals surface area contributed by atoms with Crippen LogP contribution in [0, 0.1) is 6.92 Å². The lowest BCUT2D eigenvalue weighted by Crippen LogP contribution is -2.27. The van der Waals surface area contributed by atoms with Crippen molar-refractivity contribution in [2.75, 3.05) is 0 Å². The molecule has 3 nitrogen and oxygen atoms in total. The van der Waals surface area contributed by atoms with Crippen LogP contribution in [0.25, 0.3) is 0 Å². The van der Waals surface area contributed by atoms with Gasteiger partial charge in [0.15, 0.2) is 0 Å². The minimum Gasteiger partial charge on any atom is -0.403 e. The second-order valence-electron chi connectivity index (χ2n) is 4.03. The predicted octanol–water partition coefficient (Wildman–Crippen LogP) is 2.35. The molecule has 0 saturated carbocycles. The van der Waals surface area contributed by atoms with E-state index in [0.29, 0.717) is 0 Å². The van der Waals surface area contributed by atoms with E-state index < -0.39 is 0 Å². The first-order valence-corrected chi connectivity index (χ1v) is 5.58. The first-order valence-electron chi connectivity index (χ1n) is 5.58. The normalized spacial score (nSPS) is 12.1. The summed E-state index contributed by atoms with van der Waals surface area (Å²) in [5.41, 5.74) is 1.83. The highest BCUT2D eigenvalue weighted by Crippen LogP contribution is 2.12. The fraction of sp³-hybridized carbons (Fsp3) is 0.214. The Morgan fingerprint density at radius 1 is 1.18 bits per heavy atom. The van der Waals surface area contributed by atoms with Crippen LogP contribution in [-0.2, 0) is 0 Å². The quantitative estimate of drug-likeness (QED) is 0.809. The molecule has 0 bridgehead atoms. The summed E-state index contributed by atoms with van der Waals surface area (Å²) < 4.78 is 1.27. The zero-order valence-electron chi connectivity index (χ0n) is 9.96. The summed E-state index contributed by atoms with van der Waals surface area (Å²) in [5, 5.41) is 0. The van der Waals surface area contributed by atoms with Gasteiger partial charge in [-0.15, -0.1) is 0 Å². The van der Waals surface area contributed by atoms with Crippen molar-refractivity contribution in [3.05, 3.63) is 70.1 Å². The van der Waals surface area contributed by atoms with Gasteiger partial charge in [0.2, 0.25) is 0 Å². The van der Waals surface area contributed by atoms with Crippen LogP contribution in [0.4, 0.5) is 0 Å². The molecule has 3 heteroatoms. The summed E-state index contributed by atoms with van der Waals surface area (Å²) in [6.07, 6.45) is 1.49. The molecule has 17 heavy (non-hydrogen) atoms. The second kappa shape index (κ2) is 4.87. The smallest absolute Gasteiger partial charge is 0.283 e. The maximum atomic E-state index is 11.6. The predicted molar refractivity (Wildman–Crippen MR) is 66.9 cm³/mol. The van der Waals surface area contributed by atoms with Crippen molar-refractivity contribution >= 4 is 0 Å². The molecule has 0 fully saturated rings. The summed E-state index contributed by atoms with van der Waals surface area (Å²) in [7, 11) is 0. The number of nitrogens with zero attached hydrogens (tertiary/aromatic N) is 1. The molecular weight excluding hydrogens is 214 g/mol. The highest BCUT2D eigenvalue weighted by Gasteiger charge is 2.07. The van der Waals surface area contributed by atoms with E-state index in [-0.39, 0.29) is 11.7 Å². The van der Waals surface area contributed by atoms with E-state index in [1.165, 1.54) is 4.73 Å². The third kappa shape index (κ3) is 2.75. The number of pyridine rings is 1. The number of aryl methyl sites for hydroxylation is 1. The average molecular weight is 229 g/mol. The maximum absolute atomic E-state index is 11.6. The Morgan fingerprint density at radius 3 is 2.53 bits per heavy atom. The topological polar surface area (TPSA) is 31.2 Å². The van der Waals surface area contributed by atoms with Gasteiger partial charge in [0, 0.05) is 12.3 Å². The van der Waals surface area contributed by atoms with Gasteiger partial charge < -0.3 is 4.84 Å². The van der Waals surface area contributed by atoms with Crippen molar-refractivity contribution in [2.24, 2.45) is 0 Å². The van der Waals surface area contributed by atoms with Crippen molar-refractivity contribution < 1.29 is 4.84 Å². The molecule has 0 radical (unpaired) electrons. The molecule has 1 heterocycles. The third-order valence-electron chi connectivity index (χ3n) is 2.58. The van der Waals surface area contributed by atoms with E-state index in [9.17, 15) is 4.79 Å². The number of aromatic nitrogens is 1. The van der Waals surface area contributed by atoms with E-state index in [2.05, 4.69) is 0 Å². The van der Waals surface area contributed by atoms with Crippen molar-refractivity contribution in [2.45, 2.75) is 20.0 Å². The Balaban J connectivity index is 2.19. The molecule has 1 atom stereocenters. The Labute approximate surface area is 100 Å². The molecule has 0 amide bonds. The van der Waals surface area contributed by atoms with Gasteiger partial charge in [-0.25, -0.2) is 0 Å². The largest absolute Gasteiger partial charge is 0.403 e. The van der Waals surface area contributed by atoms with Crippen LogP contribution in [0.15, 0.2) is 53.5 Å². The number of hydrogen-bond acceptors (Lipinski definition) is 2. The molecule has 0 N–H and O–H groups in total. The van der Waals surface area contributed by atoms with Gasteiger partial charge >= 0.3 is 0 Å². The molecule has 1 unspecified atom stereocenters. The zero-order valence-corrected chi connectivity index (χ0v) is 9.96. The minimum atomic E-state index is -0.156. The van der Waals surface area contributed by atoms with E-state index in [1.807, 2.05) is 50.2 Å². The van der Waals surface area contributed by atoms with Crippen molar-refractivity contribution in [1.29, 1.82) is 0 Å². The number of hydrogen-bond donors (Lipinski definition) is 0. The molecule has 0 aliphatic carbocycles. The Kier molecular flexibility index (Phi) is 3.28. The van der Waals surface area contributed by atoms with Crippen LogP contribution in [0.1, 0.15) is 24.2 Å². The SMILES string of the molecule is Cc1ccn(OC(C)c2ccccc2)c(=O)c1. The maximum Gasteiger partial charge on any atom is 0.283 e. The average Bonchev–Trinajstić information content (AvgIpc) is 2.34. The fourth-order valence-corrected chi connectivity index (χ4v) is 1.61. The molecule has 2 rings (SSSR count). The van der Waals surface area contributed by atoms with Crippen molar-refractivity contribution in [3.8, 4) is 0 Å². The molecule has 0 saturated heterocycles. The molecule has 0 spiro atoms. The molecule has 1 aromatic carbocycles. The molecule has 0 aliphatic heterocycles. The Hall–Kier alpha value is -2.03. The van der Waals surface area contributed by atoms with Gasteiger partial charge in [0.1, 0.15) is 6.10 Å². The monoisotopic (exact) mass is 229 g/mol. The highest BCUT2D eigenvalue weighted by molar-refractivity contribution is 5.17. The molecular formula is C14H15NO2. The lowest BCUT2D eigenvalue weighted by molar-refractivity contribution is 0.0408. The molecule has 1 aromatic heterocycles. The highest BCUT2D eigenvalue weighted by atomic mass is 16.7. The van der Waals surface area contributed by atoms with Crippen molar-refractivity contribution in [3.63, 3.8) is 0 Å². The van der Waals surface area contributed by atoms with E-state index in [4.69, 9.17) is 4.84 Å². The van der Waals surface area contributed by atoms with Crippen LogP contribution < -0.4 is 10.4 Å². The van der Waals surface area contributed by atoms with Crippen LogP contribution in [-0.4, -0.2) is 4.73 Å².